The SMILES string of the molecule is NC(O)=S.O=C(O)CCN(CCC(=O)O)C(O)=S.[NaH].[NaH].[NaH]. The minimum absolute atomic E-state index is 0. The summed E-state index contributed by atoms with van der Waals surface area (Å²) in [5.74, 6) is -2.05. The van der Waals surface area contributed by atoms with Crippen molar-refractivity contribution in [3.63, 3.8) is 0 Å². The van der Waals surface area contributed by atoms with Gasteiger partial charge in [0, 0.05) is 13.1 Å². The molecule has 0 fully saturated rings. The molecular formula is C8H17N2Na3O6S2. The number of hydrogen-bond acceptors (Lipinski definition) is 4. The third-order valence-corrected chi connectivity index (χ3v) is 1.72. The minimum atomic E-state index is -1.03. The van der Waals surface area contributed by atoms with Crippen LogP contribution in [0.5, 0.6) is 0 Å². The predicted octanol–water partition coefficient (Wildman–Crippen LogP) is -2.08. The molecule has 8 nitrogen and oxygen atoms in total. The summed E-state index contributed by atoms with van der Waals surface area (Å²) in [7, 11) is 0. The fourth-order valence-corrected chi connectivity index (χ4v) is 0.947. The van der Waals surface area contributed by atoms with Crippen LogP contribution in [0.2, 0.25) is 0 Å². The van der Waals surface area contributed by atoms with Gasteiger partial charge >= 0.3 is 101 Å². The number of carboxylic acid groups (broad SMARTS) is 2. The second-order valence-corrected chi connectivity index (χ2v) is 3.68. The van der Waals surface area contributed by atoms with Crippen molar-refractivity contribution in [3.8, 4) is 0 Å². The van der Waals surface area contributed by atoms with Crippen molar-refractivity contribution < 1.29 is 30.0 Å². The van der Waals surface area contributed by atoms with E-state index in [2.05, 4.69) is 30.2 Å². The Morgan fingerprint density at radius 3 is 1.24 bits per heavy atom. The van der Waals surface area contributed by atoms with Gasteiger partial charge in [-0.1, -0.05) is 0 Å². The van der Waals surface area contributed by atoms with E-state index in [9.17, 15) is 9.59 Å². The quantitative estimate of drug-likeness (QED) is 0.261. The van der Waals surface area contributed by atoms with Crippen LogP contribution in [0.1, 0.15) is 12.8 Å². The zero-order valence-electron chi connectivity index (χ0n) is 9.27. The van der Waals surface area contributed by atoms with Gasteiger partial charge in [0.2, 0.25) is 0 Å². The molecular weight excluding hydrogens is 353 g/mol. The third-order valence-electron chi connectivity index (χ3n) is 1.46. The first-order valence-electron chi connectivity index (χ1n) is 4.56. The van der Waals surface area contributed by atoms with E-state index in [-0.39, 0.29) is 115 Å². The van der Waals surface area contributed by atoms with Crippen LogP contribution in [0.3, 0.4) is 0 Å². The standard InChI is InChI=1S/C7H11NO5S.CH3NOS.3Na.3H/c9-5(10)1-3-8(7(13)14)4-2-6(11)12;2-1(3)4;;;;;;/h1-4H2,(H,9,10)(H,11,12)(H,13,14);(H3,2,3,4);;;;;;. The first-order chi connectivity index (χ1) is 8.16. The topological polar surface area (TPSA) is 144 Å². The van der Waals surface area contributed by atoms with Crippen molar-refractivity contribution in [3.05, 3.63) is 0 Å². The molecule has 21 heavy (non-hydrogen) atoms. The summed E-state index contributed by atoms with van der Waals surface area (Å²) >= 11 is 8.29. The predicted molar refractivity (Wildman–Crippen MR) is 92.2 cm³/mol. The van der Waals surface area contributed by atoms with E-state index in [0.717, 1.165) is 4.90 Å². The molecule has 0 radical (unpaired) electrons. The van der Waals surface area contributed by atoms with Crippen LogP contribution in [0.4, 0.5) is 0 Å². The normalized spacial score (nSPS) is 7.43. The van der Waals surface area contributed by atoms with Gasteiger partial charge in [-0.25, -0.2) is 0 Å². The maximum atomic E-state index is 10.2. The van der Waals surface area contributed by atoms with Crippen molar-refractivity contribution >= 4 is 135 Å². The first kappa shape index (κ1) is 33.8. The van der Waals surface area contributed by atoms with Crippen LogP contribution in [0.25, 0.3) is 0 Å². The van der Waals surface area contributed by atoms with Gasteiger partial charge in [0.25, 0.3) is 10.3 Å². The molecule has 0 aliphatic rings. The molecule has 0 aromatic rings. The molecule has 13 heteroatoms. The Labute approximate surface area is 199 Å². The van der Waals surface area contributed by atoms with Crippen LogP contribution < -0.4 is 5.73 Å². The molecule has 0 saturated heterocycles. The molecule has 0 unspecified atom stereocenters. The summed E-state index contributed by atoms with van der Waals surface area (Å²) in [5.41, 5.74) is 4.40. The average molecular weight is 370 g/mol. The second kappa shape index (κ2) is 21.3. The van der Waals surface area contributed by atoms with Crippen molar-refractivity contribution in [1.29, 1.82) is 0 Å². The van der Waals surface area contributed by atoms with E-state index < -0.39 is 22.3 Å². The summed E-state index contributed by atoms with van der Waals surface area (Å²) in [6, 6.07) is 0. The summed E-state index contributed by atoms with van der Waals surface area (Å²) in [4.78, 5) is 21.5. The molecule has 0 aliphatic carbocycles. The molecule has 0 spiro atoms. The van der Waals surface area contributed by atoms with Crippen LogP contribution in [0, 0.1) is 0 Å². The van der Waals surface area contributed by atoms with Crippen LogP contribution in [-0.4, -0.2) is 149 Å². The second-order valence-electron chi connectivity index (χ2n) is 2.90. The van der Waals surface area contributed by atoms with E-state index in [1.807, 2.05) is 0 Å². The molecule has 0 atom stereocenters. The van der Waals surface area contributed by atoms with Crippen molar-refractivity contribution in [1.82, 2.24) is 4.90 Å². The Hall–Kier alpha value is 1.32. The van der Waals surface area contributed by atoms with Gasteiger partial charge in [-0.2, -0.15) is 0 Å². The number of nitrogens with zero attached hydrogens (tertiary/aromatic N) is 1. The molecule has 0 heterocycles. The number of carbonyl (C=O) groups is 2. The summed E-state index contributed by atoms with van der Waals surface area (Å²) < 4.78 is 0. The van der Waals surface area contributed by atoms with Gasteiger partial charge in [-0.3, -0.25) is 9.59 Å². The Morgan fingerprint density at radius 1 is 0.857 bits per heavy atom. The van der Waals surface area contributed by atoms with E-state index in [1.165, 1.54) is 0 Å². The van der Waals surface area contributed by atoms with Gasteiger partial charge in [0.05, 0.1) is 12.8 Å². The zero-order chi connectivity index (χ0) is 14.7. The maximum absolute atomic E-state index is 10.2. The molecule has 6 N–H and O–H groups in total. The molecule has 0 rings (SSSR count). The molecule has 0 saturated carbocycles. The third kappa shape index (κ3) is 33.9. The van der Waals surface area contributed by atoms with Gasteiger partial charge in [-0.05, 0) is 24.4 Å². The first-order valence-corrected chi connectivity index (χ1v) is 5.38. The summed E-state index contributed by atoms with van der Waals surface area (Å²) in [6.07, 6.45) is -0.388. The molecule has 0 aliphatic heterocycles. The molecule has 0 bridgehead atoms. The number of hydrogen-bond donors (Lipinski definition) is 5. The number of carboxylic acids is 2. The summed E-state index contributed by atoms with van der Waals surface area (Å²) in [6.45, 7) is 0.0237. The van der Waals surface area contributed by atoms with Gasteiger partial charge < -0.3 is 31.1 Å². The molecule has 0 aromatic carbocycles. The monoisotopic (exact) mass is 370 g/mol. The Morgan fingerprint density at radius 2 is 1.10 bits per heavy atom. The van der Waals surface area contributed by atoms with Gasteiger partial charge in [0.15, 0.2) is 0 Å². The average Bonchev–Trinajstić information content (AvgIpc) is 2.14. The van der Waals surface area contributed by atoms with Crippen molar-refractivity contribution in [2.75, 3.05) is 13.1 Å². The number of nitrogens with two attached hydrogens (primary N) is 1. The molecule has 110 valence electrons. The number of aliphatic carboxylic acids is 2. The van der Waals surface area contributed by atoms with Gasteiger partial charge in [0.1, 0.15) is 0 Å². The van der Waals surface area contributed by atoms with Crippen LogP contribution >= 0.6 is 24.4 Å². The Kier molecular flexibility index (Phi) is 34.3. The van der Waals surface area contributed by atoms with Crippen LogP contribution in [-0.2, 0) is 9.59 Å². The van der Waals surface area contributed by atoms with E-state index in [1.54, 1.807) is 0 Å². The fourth-order valence-electron chi connectivity index (χ4n) is 0.764. The van der Waals surface area contributed by atoms with E-state index >= 15 is 0 Å². The number of aliphatic hydroxyl groups excluding tert-OH is 2. The number of aliphatic hydroxyl groups is 2. The van der Waals surface area contributed by atoms with E-state index in [0.29, 0.717) is 0 Å². The van der Waals surface area contributed by atoms with E-state index in [4.69, 9.17) is 20.4 Å². The Balaban J connectivity index is -0.000000108. The van der Waals surface area contributed by atoms with Crippen molar-refractivity contribution in [2.45, 2.75) is 12.8 Å². The number of thiocarbonyl (C=S) groups is 2. The molecule has 0 aromatic heterocycles. The van der Waals surface area contributed by atoms with Crippen molar-refractivity contribution in [2.24, 2.45) is 5.73 Å². The fraction of sp³-hybridized carbons (Fsp3) is 0.500. The number of rotatable bonds is 6. The zero-order valence-corrected chi connectivity index (χ0v) is 10.9. The Bertz CT molecular complexity index is 313. The summed E-state index contributed by atoms with van der Waals surface area (Å²) in [5, 5.41) is 32.2. The molecule has 0 amide bonds. The van der Waals surface area contributed by atoms with Crippen LogP contribution in [0.15, 0.2) is 0 Å². The van der Waals surface area contributed by atoms with Gasteiger partial charge in [-0.15, -0.1) is 0 Å².